The Labute approximate surface area is 225 Å². The number of hydrogen-bond donors (Lipinski definition) is 0. The molecule has 0 aliphatic carbocycles. The molecule has 36 heavy (non-hydrogen) atoms. The Balaban J connectivity index is 2.50. The van der Waals surface area contributed by atoms with E-state index in [0.717, 1.165) is 0 Å². The van der Waals surface area contributed by atoms with Crippen LogP contribution in [0.15, 0.2) is 24.3 Å². The van der Waals surface area contributed by atoms with Gasteiger partial charge in [0, 0.05) is 0 Å². The van der Waals surface area contributed by atoms with Crippen molar-refractivity contribution in [1.29, 1.82) is 0 Å². The minimum Gasteiger partial charge on any atom is -0.0654 e. The van der Waals surface area contributed by atoms with Crippen molar-refractivity contribution in [2.24, 2.45) is 0 Å². The van der Waals surface area contributed by atoms with Crippen LogP contribution in [0.5, 0.6) is 0 Å². The van der Waals surface area contributed by atoms with Crippen LogP contribution in [0.25, 0.3) is 11.1 Å². The highest BCUT2D eigenvalue weighted by Crippen LogP contribution is 2.36. The Morgan fingerprint density at radius 3 is 1.22 bits per heavy atom. The molecule has 2 rings (SSSR count). The van der Waals surface area contributed by atoms with E-state index >= 15 is 0 Å². The van der Waals surface area contributed by atoms with Gasteiger partial charge in [0.2, 0.25) is 0 Å². The highest BCUT2D eigenvalue weighted by molar-refractivity contribution is 5.67. The third-order valence-electron chi connectivity index (χ3n) is 7.81. The molecule has 0 saturated heterocycles. The van der Waals surface area contributed by atoms with Gasteiger partial charge in [-0.05, 0) is 81.0 Å². The molecule has 0 N–H and O–H groups in total. The summed E-state index contributed by atoms with van der Waals surface area (Å²) in [5.41, 5.74) is 8.17. The van der Waals surface area contributed by atoms with Crippen LogP contribution < -0.4 is 0 Å². The molecule has 2 unspecified atom stereocenters. The van der Waals surface area contributed by atoms with E-state index in [1.54, 1.807) is 0 Å². The van der Waals surface area contributed by atoms with Gasteiger partial charge >= 0.3 is 0 Å². The summed E-state index contributed by atoms with van der Waals surface area (Å²) in [7, 11) is 0. The van der Waals surface area contributed by atoms with E-state index in [0.29, 0.717) is 11.8 Å². The molecule has 0 heterocycles. The van der Waals surface area contributed by atoms with Gasteiger partial charge in [-0.25, -0.2) is 0 Å². The quantitative estimate of drug-likeness (QED) is 0.246. The fraction of sp³-hybridized carbons (Fsp3) is 0.667. The summed E-state index contributed by atoms with van der Waals surface area (Å²) in [4.78, 5) is 0. The Morgan fingerprint density at radius 2 is 0.917 bits per heavy atom. The smallest absolute Gasteiger partial charge is 0.00583 e. The molecule has 0 heteroatoms. The Kier molecular flexibility index (Phi) is 11.8. The fourth-order valence-corrected chi connectivity index (χ4v) is 4.94. The average Bonchev–Trinajstić information content (AvgIpc) is 2.82. The maximum Gasteiger partial charge on any atom is -0.00583 e. The zero-order chi connectivity index (χ0) is 26.9. The molecule has 200 valence electrons. The van der Waals surface area contributed by atoms with E-state index in [2.05, 4.69) is 106 Å². The zero-order valence-corrected chi connectivity index (χ0v) is 25.5. The normalized spacial score (nSPS) is 14.2. The van der Waals surface area contributed by atoms with Gasteiger partial charge in [-0.1, -0.05) is 145 Å². The second kappa shape index (κ2) is 13.8. The predicted octanol–water partition coefficient (Wildman–Crippen LogP) is 11.7. The lowest BCUT2D eigenvalue weighted by Gasteiger charge is -2.25. The third-order valence-corrected chi connectivity index (χ3v) is 7.81. The lowest BCUT2D eigenvalue weighted by atomic mass is 9.79. The summed E-state index contributed by atoms with van der Waals surface area (Å²) >= 11 is 0. The predicted molar refractivity (Wildman–Crippen MR) is 161 cm³/mol. The van der Waals surface area contributed by atoms with Crippen LogP contribution in [0.4, 0.5) is 0 Å². The first-order chi connectivity index (χ1) is 16.9. The molecule has 0 aliphatic heterocycles. The number of unbranched alkanes of at least 4 members (excludes halogenated alkanes) is 6. The molecule has 0 bridgehead atoms. The summed E-state index contributed by atoms with van der Waals surface area (Å²) in [5, 5.41) is 0. The van der Waals surface area contributed by atoms with E-state index < -0.39 is 0 Å². The van der Waals surface area contributed by atoms with Crippen LogP contribution in [-0.4, -0.2) is 0 Å². The van der Waals surface area contributed by atoms with Crippen molar-refractivity contribution in [3.05, 3.63) is 58.7 Å². The van der Waals surface area contributed by atoms with Crippen LogP contribution in [-0.2, 0) is 10.8 Å². The van der Waals surface area contributed by atoms with E-state index in [-0.39, 0.29) is 10.8 Å². The summed E-state index contributed by atoms with van der Waals surface area (Å²) in [6.07, 6.45) is 13.2. The van der Waals surface area contributed by atoms with Crippen molar-refractivity contribution in [1.82, 2.24) is 0 Å². The van der Waals surface area contributed by atoms with Gasteiger partial charge in [-0.3, -0.25) is 0 Å². The summed E-state index contributed by atoms with van der Waals surface area (Å²) in [5.74, 6) is 1.14. The SMILES string of the molecule is CCCCCCC(C)c1cc(-c2[c]c(C(C)(C)C)cc(C(C)CCCCCC)c2)[c]c(C(C)(C)C)c1. The van der Waals surface area contributed by atoms with Crippen LogP contribution >= 0.6 is 0 Å². The van der Waals surface area contributed by atoms with Gasteiger partial charge in [-0.15, -0.1) is 0 Å². The minimum atomic E-state index is 0.0731. The molecular formula is C36H56. The molecule has 0 aliphatic rings. The van der Waals surface area contributed by atoms with Crippen molar-refractivity contribution < 1.29 is 0 Å². The van der Waals surface area contributed by atoms with Crippen molar-refractivity contribution in [3.63, 3.8) is 0 Å². The van der Waals surface area contributed by atoms with Crippen molar-refractivity contribution >= 4 is 0 Å². The van der Waals surface area contributed by atoms with E-state index in [4.69, 9.17) is 0 Å². The largest absolute Gasteiger partial charge is 0.0654 e. The topological polar surface area (TPSA) is 0 Å². The number of hydrogen-bond acceptors (Lipinski definition) is 0. The molecule has 2 aromatic carbocycles. The maximum atomic E-state index is 3.85. The monoisotopic (exact) mass is 488 g/mol. The third kappa shape index (κ3) is 9.39. The minimum absolute atomic E-state index is 0.0731. The highest BCUT2D eigenvalue weighted by atomic mass is 14.3. The van der Waals surface area contributed by atoms with Gasteiger partial charge < -0.3 is 0 Å². The van der Waals surface area contributed by atoms with Crippen molar-refractivity contribution in [2.45, 2.75) is 156 Å². The van der Waals surface area contributed by atoms with Crippen LogP contribution in [0.3, 0.4) is 0 Å². The van der Waals surface area contributed by atoms with Crippen molar-refractivity contribution in [2.75, 3.05) is 0 Å². The maximum absolute atomic E-state index is 3.85. The summed E-state index contributed by atoms with van der Waals surface area (Å²) in [6, 6.07) is 17.4. The molecule has 2 atom stereocenters. The van der Waals surface area contributed by atoms with Gasteiger partial charge in [0.15, 0.2) is 0 Å². The first-order valence-corrected chi connectivity index (χ1v) is 15.0. The molecule has 0 amide bonds. The molecule has 2 aromatic rings. The molecule has 2 radical (unpaired) electrons. The molecule has 0 saturated carbocycles. The first-order valence-electron chi connectivity index (χ1n) is 15.0. The second-order valence-electron chi connectivity index (χ2n) is 13.5. The van der Waals surface area contributed by atoms with Gasteiger partial charge in [-0.2, -0.15) is 0 Å². The van der Waals surface area contributed by atoms with E-state index in [9.17, 15) is 0 Å². The first kappa shape index (κ1) is 30.7. The summed E-state index contributed by atoms with van der Waals surface area (Å²) in [6.45, 7) is 23.3. The van der Waals surface area contributed by atoms with Crippen LogP contribution in [0.1, 0.15) is 168 Å². The molecular weight excluding hydrogens is 432 g/mol. The van der Waals surface area contributed by atoms with Gasteiger partial charge in [0.25, 0.3) is 0 Å². The summed E-state index contributed by atoms with van der Waals surface area (Å²) < 4.78 is 0. The van der Waals surface area contributed by atoms with Crippen LogP contribution in [0.2, 0.25) is 0 Å². The molecule has 0 nitrogen and oxygen atoms in total. The zero-order valence-electron chi connectivity index (χ0n) is 25.5. The van der Waals surface area contributed by atoms with Gasteiger partial charge in [0.05, 0.1) is 0 Å². The highest BCUT2D eigenvalue weighted by Gasteiger charge is 2.21. The lowest BCUT2D eigenvalue weighted by molar-refractivity contribution is 0.569. The Morgan fingerprint density at radius 1 is 0.556 bits per heavy atom. The molecule has 0 aromatic heterocycles. The van der Waals surface area contributed by atoms with Crippen LogP contribution in [0, 0.1) is 12.1 Å². The van der Waals surface area contributed by atoms with E-state index in [1.807, 2.05) is 0 Å². The Hall–Kier alpha value is -1.56. The number of rotatable bonds is 13. The standard InChI is InChI=1S/C36H56/c1-11-13-15-17-19-27(3)29-21-31(25-33(23-29)35(5,6)7)32-22-30(24-34(26-32)36(8,9)10)28(4)20-18-16-14-12-2/h21-24,27-28H,11-20H2,1-10H3. The fourth-order valence-electron chi connectivity index (χ4n) is 4.94. The molecule has 0 spiro atoms. The average molecular weight is 489 g/mol. The molecule has 0 fully saturated rings. The Bertz CT molecular complexity index is 841. The van der Waals surface area contributed by atoms with E-state index in [1.165, 1.54) is 97.6 Å². The second-order valence-corrected chi connectivity index (χ2v) is 13.5. The number of benzene rings is 2. The van der Waals surface area contributed by atoms with Crippen molar-refractivity contribution in [3.8, 4) is 11.1 Å². The van der Waals surface area contributed by atoms with Gasteiger partial charge in [0.1, 0.15) is 0 Å². The lowest BCUT2D eigenvalue weighted by Crippen LogP contribution is -2.14.